The number of benzene rings is 2. The summed E-state index contributed by atoms with van der Waals surface area (Å²) in [7, 11) is 0. The van der Waals surface area contributed by atoms with Gasteiger partial charge in [-0.1, -0.05) is 27.5 Å². The number of likely N-dealkylation sites (tertiary alicyclic amines) is 1. The number of amides is 3. The monoisotopic (exact) mass is 449 g/mol. The molecule has 0 radical (unpaired) electrons. The second kappa shape index (κ2) is 8.10. The molecule has 3 rings (SSSR count). The van der Waals surface area contributed by atoms with Crippen LogP contribution in [0, 0.1) is 0 Å². The molecule has 1 fully saturated rings. The second-order valence-corrected chi connectivity index (χ2v) is 7.49. The van der Waals surface area contributed by atoms with E-state index in [0.717, 1.165) is 10.9 Å². The molecule has 0 bridgehead atoms. The van der Waals surface area contributed by atoms with Gasteiger partial charge in [-0.25, -0.2) is 0 Å². The minimum Gasteiger partial charge on any atom is -0.366 e. The molecule has 3 amide bonds. The van der Waals surface area contributed by atoms with Crippen LogP contribution >= 0.6 is 27.5 Å². The summed E-state index contributed by atoms with van der Waals surface area (Å²) in [4.78, 5) is 39.7. The number of halogens is 2. The number of carbonyl (C=O) groups excluding carboxylic acids is 3. The molecule has 8 heteroatoms. The van der Waals surface area contributed by atoms with Gasteiger partial charge in [0.05, 0.1) is 10.6 Å². The molecule has 0 saturated carbocycles. The van der Waals surface area contributed by atoms with Crippen LogP contribution in [0.15, 0.2) is 46.9 Å². The van der Waals surface area contributed by atoms with Crippen LogP contribution in [0.1, 0.15) is 33.6 Å². The SMILES string of the molecule is NC(=O)c1ccc(N(CN2CCCC2=O)C(=O)c2cc(Br)ccc2Cl)cc1. The van der Waals surface area contributed by atoms with Gasteiger partial charge in [0.1, 0.15) is 6.67 Å². The highest BCUT2D eigenvalue weighted by Gasteiger charge is 2.27. The highest BCUT2D eigenvalue weighted by Crippen LogP contribution is 2.26. The van der Waals surface area contributed by atoms with Crippen molar-refractivity contribution in [2.75, 3.05) is 18.1 Å². The zero-order valence-electron chi connectivity index (χ0n) is 14.3. The van der Waals surface area contributed by atoms with Gasteiger partial charge in [-0.15, -0.1) is 0 Å². The maximum absolute atomic E-state index is 13.2. The van der Waals surface area contributed by atoms with Crippen LogP contribution in [0.5, 0.6) is 0 Å². The Bertz CT molecular complexity index is 902. The molecule has 1 aliphatic heterocycles. The largest absolute Gasteiger partial charge is 0.366 e. The van der Waals surface area contributed by atoms with E-state index in [1.54, 1.807) is 47.4 Å². The van der Waals surface area contributed by atoms with Crippen molar-refractivity contribution >= 4 is 50.9 Å². The lowest BCUT2D eigenvalue weighted by atomic mass is 10.1. The predicted octanol–water partition coefficient (Wildman–Crippen LogP) is 3.43. The molecular weight excluding hydrogens is 434 g/mol. The summed E-state index contributed by atoms with van der Waals surface area (Å²) in [6, 6.07) is 11.4. The lowest BCUT2D eigenvalue weighted by molar-refractivity contribution is -0.127. The number of nitrogens with zero attached hydrogens (tertiary/aromatic N) is 2. The highest BCUT2D eigenvalue weighted by molar-refractivity contribution is 9.10. The minimum atomic E-state index is -0.552. The lowest BCUT2D eigenvalue weighted by Gasteiger charge is -2.28. The fraction of sp³-hybridized carbons (Fsp3) is 0.211. The number of rotatable bonds is 5. The number of hydrogen-bond acceptors (Lipinski definition) is 3. The zero-order chi connectivity index (χ0) is 19.6. The maximum Gasteiger partial charge on any atom is 0.261 e. The number of hydrogen-bond donors (Lipinski definition) is 1. The average molecular weight is 451 g/mol. The molecule has 6 nitrogen and oxygen atoms in total. The number of carbonyl (C=O) groups is 3. The molecule has 2 aromatic rings. The fourth-order valence-corrected chi connectivity index (χ4v) is 3.46. The van der Waals surface area contributed by atoms with Crippen LogP contribution < -0.4 is 10.6 Å². The highest BCUT2D eigenvalue weighted by atomic mass is 79.9. The molecule has 2 N–H and O–H groups in total. The Balaban J connectivity index is 1.98. The van der Waals surface area contributed by atoms with E-state index in [9.17, 15) is 14.4 Å². The topological polar surface area (TPSA) is 83.7 Å². The second-order valence-electron chi connectivity index (χ2n) is 6.17. The van der Waals surface area contributed by atoms with Gasteiger partial charge in [-0.3, -0.25) is 19.3 Å². The van der Waals surface area contributed by atoms with E-state index in [1.807, 2.05) is 0 Å². The van der Waals surface area contributed by atoms with Gasteiger partial charge in [-0.2, -0.15) is 0 Å². The van der Waals surface area contributed by atoms with Crippen LogP contribution in [0.25, 0.3) is 0 Å². The third-order valence-corrected chi connectivity index (χ3v) is 5.17. The summed E-state index contributed by atoms with van der Waals surface area (Å²) >= 11 is 9.57. The summed E-state index contributed by atoms with van der Waals surface area (Å²) in [5.41, 5.74) is 6.48. The number of nitrogens with two attached hydrogens (primary N) is 1. The van der Waals surface area contributed by atoms with Crippen LogP contribution in [-0.4, -0.2) is 35.8 Å². The van der Waals surface area contributed by atoms with Gasteiger partial charge >= 0.3 is 0 Å². The Hall–Kier alpha value is -2.38. The summed E-state index contributed by atoms with van der Waals surface area (Å²) < 4.78 is 0.719. The predicted molar refractivity (Wildman–Crippen MR) is 107 cm³/mol. The molecule has 140 valence electrons. The van der Waals surface area contributed by atoms with Gasteiger partial charge in [0, 0.05) is 28.7 Å². The Kier molecular flexibility index (Phi) is 5.82. The van der Waals surface area contributed by atoms with Crippen LogP contribution in [0.3, 0.4) is 0 Å². The van der Waals surface area contributed by atoms with E-state index >= 15 is 0 Å². The smallest absolute Gasteiger partial charge is 0.261 e. The third-order valence-electron chi connectivity index (χ3n) is 4.35. The average Bonchev–Trinajstić information content (AvgIpc) is 3.06. The van der Waals surface area contributed by atoms with Crippen molar-refractivity contribution in [3.63, 3.8) is 0 Å². The molecule has 1 heterocycles. The molecule has 0 atom stereocenters. The summed E-state index contributed by atoms with van der Waals surface area (Å²) in [6.45, 7) is 0.699. The van der Waals surface area contributed by atoms with Crippen molar-refractivity contribution in [3.8, 4) is 0 Å². The summed E-state index contributed by atoms with van der Waals surface area (Å²) in [5.74, 6) is -0.890. The van der Waals surface area contributed by atoms with Crippen molar-refractivity contribution < 1.29 is 14.4 Å². The van der Waals surface area contributed by atoms with Crippen molar-refractivity contribution in [1.82, 2.24) is 4.90 Å². The van der Waals surface area contributed by atoms with Crippen molar-refractivity contribution in [2.24, 2.45) is 5.73 Å². The molecule has 1 saturated heterocycles. The molecule has 0 unspecified atom stereocenters. The van der Waals surface area contributed by atoms with Crippen LogP contribution in [-0.2, 0) is 4.79 Å². The first kappa shape index (κ1) is 19.4. The Morgan fingerprint density at radius 1 is 1.19 bits per heavy atom. The molecule has 2 aromatic carbocycles. The first-order valence-electron chi connectivity index (χ1n) is 8.31. The number of primary amides is 1. The van der Waals surface area contributed by atoms with E-state index in [1.165, 1.54) is 4.90 Å². The molecule has 1 aliphatic rings. The lowest BCUT2D eigenvalue weighted by Crippen LogP contribution is -2.42. The van der Waals surface area contributed by atoms with E-state index in [2.05, 4.69) is 15.9 Å². The van der Waals surface area contributed by atoms with E-state index in [0.29, 0.717) is 34.8 Å². The van der Waals surface area contributed by atoms with E-state index in [4.69, 9.17) is 17.3 Å². The maximum atomic E-state index is 13.2. The van der Waals surface area contributed by atoms with Gasteiger partial charge in [0.15, 0.2) is 0 Å². The molecule has 0 spiro atoms. The Morgan fingerprint density at radius 2 is 1.89 bits per heavy atom. The fourth-order valence-electron chi connectivity index (χ4n) is 2.90. The molecule has 0 aromatic heterocycles. The van der Waals surface area contributed by atoms with Crippen LogP contribution in [0.2, 0.25) is 5.02 Å². The first-order chi connectivity index (χ1) is 12.9. The molecular formula is C19H17BrClN3O3. The molecule has 0 aliphatic carbocycles. The molecule has 27 heavy (non-hydrogen) atoms. The zero-order valence-corrected chi connectivity index (χ0v) is 16.7. The summed E-state index contributed by atoms with van der Waals surface area (Å²) in [6.07, 6.45) is 1.24. The Labute approximate surface area is 170 Å². The van der Waals surface area contributed by atoms with E-state index < -0.39 is 5.91 Å². The standard InChI is InChI=1S/C19H17BrClN3O3/c20-13-5-8-16(21)15(10-13)19(27)24(11-23-9-1-2-17(23)25)14-6-3-12(4-7-14)18(22)26/h3-8,10H,1-2,9,11H2,(H2,22,26). The Morgan fingerprint density at radius 3 is 2.48 bits per heavy atom. The van der Waals surface area contributed by atoms with Crippen molar-refractivity contribution in [2.45, 2.75) is 12.8 Å². The van der Waals surface area contributed by atoms with Crippen molar-refractivity contribution in [1.29, 1.82) is 0 Å². The van der Waals surface area contributed by atoms with E-state index in [-0.39, 0.29) is 18.5 Å². The normalized spacial score (nSPS) is 13.7. The van der Waals surface area contributed by atoms with Crippen LogP contribution in [0.4, 0.5) is 5.69 Å². The summed E-state index contributed by atoms with van der Waals surface area (Å²) in [5, 5.41) is 0.315. The first-order valence-corrected chi connectivity index (χ1v) is 9.48. The minimum absolute atomic E-state index is 0.00175. The van der Waals surface area contributed by atoms with Gasteiger partial charge < -0.3 is 10.6 Å². The van der Waals surface area contributed by atoms with Gasteiger partial charge in [0.25, 0.3) is 5.91 Å². The number of anilines is 1. The third kappa shape index (κ3) is 4.31. The van der Waals surface area contributed by atoms with Gasteiger partial charge in [-0.05, 0) is 48.9 Å². The quantitative estimate of drug-likeness (QED) is 0.757. The van der Waals surface area contributed by atoms with Crippen molar-refractivity contribution in [3.05, 3.63) is 63.1 Å². The van der Waals surface area contributed by atoms with Gasteiger partial charge in [0.2, 0.25) is 11.8 Å².